The first-order chi connectivity index (χ1) is 12.7. The van der Waals surface area contributed by atoms with Crippen LogP contribution in [0.25, 0.3) is 5.69 Å². The molecule has 1 atom stereocenters. The monoisotopic (exact) mass is 367 g/mol. The van der Waals surface area contributed by atoms with Crippen LogP contribution in [0.15, 0.2) is 59.8 Å². The summed E-state index contributed by atoms with van der Waals surface area (Å²) in [6.07, 6.45) is 0.687. The first-order valence-corrected chi connectivity index (χ1v) is 9.39. The second-order valence-corrected chi connectivity index (χ2v) is 7.10. The zero-order valence-electron chi connectivity index (χ0n) is 14.8. The minimum Gasteiger partial charge on any atom is -0.351 e. The van der Waals surface area contributed by atoms with Crippen LogP contribution >= 0.6 is 11.8 Å². The highest BCUT2D eigenvalue weighted by atomic mass is 32.2. The number of thioether (sulfide) groups is 1. The molecular weight excluding hydrogens is 346 g/mol. The van der Waals surface area contributed by atoms with Crippen LogP contribution < -0.4 is 5.32 Å². The molecule has 1 aromatic heterocycles. The molecule has 1 N–H and O–H groups in total. The van der Waals surface area contributed by atoms with Gasteiger partial charge in [-0.3, -0.25) is 4.79 Å². The molecule has 0 spiro atoms. The predicted octanol–water partition coefficient (Wildman–Crippen LogP) is 3.16. The summed E-state index contributed by atoms with van der Waals surface area (Å²) in [4.78, 5) is 12.6. The van der Waals surface area contributed by atoms with E-state index in [-0.39, 0.29) is 11.2 Å². The van der Waals surface area contributed by atoms with E-state index in [0.717, 1.165) is 11.3 Å². The number of benzene rings is 2. The topological polar surface area (TPSA) is 72.7 Å². The normalized spacial score (nSPS) is 11.9. The molecule has 3 aromatic rings. The molecule has 0 aliphatic carbocycles. The molecule has 0 saturated carbocycles. The number of carbonyl (C=O) groups excluding carboxylic acids is 1. The minimum atomic E-state index is -0.256. The van der Waals surface area contributed by atoms with E-state index in [1.807, 2.05) is 68.4 Å². The lowest BCUT2D eigenvalue weighted by Gasteiger charge is -2.14. The molecule has 0 saturated heterocycles. The van der Waals surface area contributed by atoms with Crippen molar-refractivity contribution < 1.29 is 4.79 Å². The Labute approximate surface area is 157 Å². The van der Waals surface area contributed by atoms with Gasteiger partial charge in [0.25, 0.3) is 0 Å². The van der Waals surface area contributed by atoms with Crippen molar-refractivity contribution in [3.05, 3.63) is 65.7 Å². The Morgan fingerprint density at radius 1 is 1.15 bits per heavy atom. The summed E-state index contributed by atoms with van der Waals surface area (Å²) < 4.78 is 1.66. The highest BCUT2D eigenvalue weighted by Gasteiger charge is 2.21. The zero-order valence-corrected chi connectivity index (χ0v) is 15.6. The smallest absolute Gasteiger partial charge is 0.233 e. The SMILES string of the molecule is CCC(Sc1nnnn1-c1ccc(C)cc1)C(=O)NCc1ccccc1. The summed E-state index contributed by atoms with van der Waals surface area (Å²) in [5.74, 6) is -0.0141. The molecule has 1 unspecified atom stereocenters. The molecule has 134 valence electrons. The summed E-state index contributed by atoms with van der Waals surface area (Å²) in [5.41, 5.74) is 3.12. The molecule has 3 rings (SSSR count). The van der Waals surface area contributed by atoms with E-state index in [1.165, 1.54) is 17.3 Å². The molecule has 1 amide bonds. The Morgan fingerprint density at radius 2 is 1.88 bits per heavy atom. The molecule has 7 heteroatoms. The van der Waals surface area contributed by atoms with E-state index >= 15 is 0 Å². The Kier molecular flexibility index (Phi) is 6.01. The van der Waals surface area contributed by atoms with Gasteiger partial charge in [-0.2, -0.15) is 4.68 Å². The van der Waals surface area contributed by atoms with Gasteiger partial charge in [-0.05, 0) is 41.5 Å². The zero-order chi connectivity index (χ0) is 18.4. The van der Waals surface area contributed by atoms with Gasteiger partial charge < -0.3 is 5.32 Å². The first-order valence-electron chi connectivity index (χ1n) is 8.51. The fraction of sp³-hybridized carbons (Fsp3) is 0.263. The third kappa shape index (κ3) is 4.49. The fourth-order valence-corrected chi connectivity index (χ4v) is 3.39. The molecule has 2 aromatic carbocycles. The van der Waals surface area contributed by atoms with Gasteiger partial charge in [0.15, 0.2) is 0 Å². The number of amides is 1. The largest absolute Gasteiger partial charge is 0.351 e. The highest BCUT2D eigenvalue weighted by molar-refractivity contribution is 8.00. The van der Waals surface area contributed by atoms with Gasteiger partial charge in [0.1, 0.15) is 0 Å². The maximum absolute atomic E-state index is 12.6. The average molecular weight is 367 g/mol. The first kappa shape index (κ1) is 18.1. The number of aryl methyl sites for hydroxylation is 1. The molecule has 0 aliphatic heterocycles. The van der Waals surface area contributed by atoms with Crippen molar-refractivity contribution in [2.75, 3.05) is 0 Å². The van der Waals surface area contributed by atoms with Crippen LogP contribution in [0.1, 0.15) is 24.5 Å². The van der Waals surface area contributed by atoms with Crippen molar-refractivity contribution in [1.82, 2.24) is 25.5 Å². The second kappa shape index (κ2) is 8.62. The third-order valence-corrected chi connectivity index (χ3v) is 5.24. The highest BCUT2D eigenvalue weighted by Crippen LogP contribution is 2.25. The number of nitrogens with one attached hydrogen (secondary N) is 1. The van der Waals surface area contributed by atoms with Gasteiger partial charge in [-0.1, -0.05) is 66.7 Å². The van der Waals surface area contributed by atoms with Crippen molar-refractivity contribution in [2.24, 2.45) is 0 Å². The molecule has 0 aliphatic rings. The number of carbonyl (C=O) groups is 1. The Balaban J connectivity index is 1.67. The van der Waals surface area contributed by atoms with Gasteiger partial charge in [0.2, 0.25) is 11.1 Å². The van der Waals surface area contributed by atoms with E-state index in [9.17, 15) is 4.79 Å². The van der Waals surface area contributed by atoms with Crippen LogP contribution in [0.2, 0.25) is 0 Å². The fourth-order valence-electron chi connectivity index (χ4n) is 2.45. The maximum atomic E-state index is 12.6. The third-order valence-electron chi connectivity index (χ3n) is 3.94. The average Bonchev–Trinajstić information content (AvgIpc) is 3.14. The standard InChI is InChI=1S/C19H21N5OS/c1-3-17(18(25)20-13-15-7-5-4-6-8-15)26-19-21-22-23-24(19)16-11-9-14(2)10-12-16/h4-12,17H,3,13H2,1-2H3,(H,20,25). The second-order valence-electron chi connectivity index (χ2n) is 5.93. The van der Waals surface area contributed by atoms with Gasteiger partial charge in [-0.25, -0.2) is 0 Å². The molecule has 0 radical (unpaired) electrons. The van der Waals surface area contributed by atoms with E-state index < -0.39 is 0 Å². The summed E-state index contributed by atoms with van der Waals surface area (Å²) in [6, 6.07) is 17.8. The number of hydrogen-bond acceptors (Lipinski definition) is 5. The molecule has 26 heavy (non-hydrogen) atoms. The summed E-state index contributed by atoms with van der Waals surface area (Å²) in [5, 5.41) is 15.3. The number of rotatable bonds is 7. The van der Waals surface area contributed by atoms with Crippen molar-refractivity contribution >= 4 is 17.7 Å². The van der Waals surface area contributed by atoms with E-state index in [2.05, 4.69) is 20.8 Å². The van der Waals surface area contributed by atoms with Crippen LogP contribution in [0, 0.1) is 6.92 Å². The Bertz CT molecular complexity index is 848. The van der Waals surface area contributed by atoms with Gasteiger partial charge in [-0.15, -0.1) is 5.10 Å². The lowest BCUT2D eigenvalue weighted by Crippen LogP contribution is -2.32. The van der Waals surface area contributed by atoms with E-state index in [4.69, 9.17) is 0 Å². The van der Waals surface area contributed by atoms with Crippen molar-refractivity contribution in [2.45, 2.75) is 37.2 Å². The van der Waals surface area contributed by atoms with Crippen LogP contribution in [0.5, 0.6) is 0 Å². The van der Waals surface area contributed by atoms with Crippen molar-refractivity contribution in [3.8, 4) is 5.69 Å². The maximum Gasteiger partial charge on any atom is 0.233 e. The van der Waals surface area contributed by atoms with Crippen molar-refractivity contribution in [3.63, 3.8) is 0 Å². The van der Waals surface area contributed by atoms with Gasteiger partial charge in [0.05, 0.1) is 10.9 Å². The Hall–Kier alpha value is -2.67. The molecule has 6 nitrogen and oxygen atoms in total. The van der Waals surface area contributed by atoms with Crippen LogP contribution in [-0.2, 0) is 11.3 Å². The Morgan fingerprint density at radius 3 is 2.58 bits per heavy atom. The summed E-state index contributed by atoms with van der Waals surface area (Å²) in [7, 11) is 0. The molecular formula is C19H21N5OS. The van der Waals surface area contributed by atoms with Gasteiger partial charge in [0, 0.05) is 6.54 Å². The lowest BCUT2D eigenvalue weighted by atomic mass is 10.2. The number of aromatic nitrogens is 4. The quantitative estimate of drug-likeness (QED) is 0.650. The summed E-state index contributed by atoms with van der Waals surface area (Å²) in [6.45, 7) is 4.53. The number of tetrazole rings is 1. The van der Waals surface area contributed by atoms with Crippen LogP contribution in [0.3, 0.4) is 0 Å². The van der Waals surface area contributed by atoms with Crippen LogP contribution in [0.4, 0.5) is 0 Å². The molecule has 0 fully saturated rings. The molecule has 1 heterocycles. The summed E-state index contributed by atoms with van der Waals surface area (Å²) >= 11 is 1.38. The lowest BCUT2D eigenvalue weighted by molar-refractivity contribution is -0.120. The number of nitrogens with zero attached hydrogens (tertiary/aromatic N) is 4. The van der Waals surface area contributed by atoms with Crippen LogP contribution in [-0.4, -0.2) is 31.4 Å². The van der Waals surface area contributed by atoms with Gasteiger partial charge >= 0.3 is 0 Å². The predicted molar refractivity (Wildman–Crippen MR) is 102 cm³/mol. The molecule has 0 bridgehead atoms. The van der Waals surface area contributed by atoms with Crippen molar-refractivity contribution in [1.29, 1.82) is 0 Å². The minimum absolute atomic E-state index is 0.0141. The van der Waals surface area contributed by atoms with E-state index in [0.29, 0.717) is 18.1 Å². The number of hydrogen-bond donors (Lipinski definition) is 1. The van der Waals surface area contributed by atoms with E-state index in [1.54, 1.807) is 4.68 Å².